The minimum absolute atomic E-state index is 0.321. The fourth-order valence-corrected chi connectivity index (χ4v) is 2.32. The van der Waals surface area contributed by atoms with E-state index < -0.39 is 0 Å². The van der Waals surface area contributed by atoms with Gasteiger partial charge in [-0.1, -0.05) is 29.8 Å². The third-order valence-corrected chi connectivity index (χ3v) is 3.53. The molecule has 3 N–H and O–H groups in total. The van der Waals surface area contributed by atoms with E-state index in [4.69, 9.17) is 17.3 Å². The van der Waals surface area contributed by atoms with E-state index in [1.807, 2.05) is 37.4 Å². The van der Waals surface area contributed by atoms with Crippen LogP contribution >= 0.6 is 11.6 Å². The van der Waals surface area contributed by atoms with Crippen molar-refractivity contribution in [2.24, 2.45) is 0 Å². The number of nitrogens with two attached hydrogens (primary N) is 1. The standard InChI is InChI=1S/C15H18ClN3/c1-18-13(8-11-6-7-19-15(17)9-11)10-12-4-2-3-5-14(12)16/h2-7,9,13,18H,8,10H2,1H3,(H2,17,19). The van der Waals surface area contributed by atoms with Crippen molar-refractivity contribution in [3.05, 3.63) is 58.7 Å². The van der Waals surface area contributed by atoms with Crippen molar-refractivity contribution < 1.29 is 0 Å². The summed E-state index contributed by atoms with van der Waals surface area (Å²) >= 11 is 6.20. The predicted molar refractivity (Wildman–Crippen MR) is 80.4 cm³/mol. The average Bonchev–Trinajstić information content (AvgIpc) is 2.40. The molecule has 2 aromatic rings. The first kappa shape index (κ1) is 13.8. The van der Waals surface area contributed by atoms with Crippen LogP contribution in [0.5, 0.6) is 0 Å². The van der Waals surface area contributed by atoms with Gasteiger partial charge in [-0.25, -0.2) is 4.98 Å². The molecule has 0 fully saturated rings. The van der Waals surface area contributed by atoms with Gasteiger partial charge < -0.3 is 11.1 Å². The summed E-state index contributed by atoms with van der Waals surface area (Å²) in [7, 11) is 1.96. The summed E-state index contributed by atoms with van der Waals surface area (Å²) in [5.74, 6) is 0.560. The van der Waals surface area contributed by atoms with Crippen LogP contribution in [0, 0.1) is 0 Å². The van der Waals surface area contributed by atoms with E-state index in [1.165, 1.54) is 5.56 Å². The smallest absolute Gasteiger partial charge is 0.123 e. The summed E-state index contributed by atoms with van der Waals surface area (Å²) in [6.07, 6.45) is 3.53. The first-order valence-corrected chi connectivity index (χ1v) is 6.68. The number of hydrogen-bond acceptors (Lipinski definition) is 3. The molecule has 1 atom stereocenters. The highest BCUT2D eigenvalue weighted by Crippen LogP contribution is 2.18. The quantitative estimate of drug-likeness (QED) is 0.882. The number of anilines is 1. The molecule has 3 nitrogen and oxygen atoms in total. The van der Waals surface area contributed by atoms with Gasteiger partial charge in [0.2, 0.25) is 0 Å². The number of pyridine rings is 1. The fourth-order valence-electron chi connectivity index (χ4n) is 2.11. The van der Waals surface area contributed by atoms with Crippen molar-refractivity contribution in [3.8, 4) is 0 Å². The maximum Gasteiger partial charge on any atom is 0.123 e. The Bertz CT molecular complexity index is 542. The summed E-state index contributed by atoms with van der Waals surface area (Å²) in [4.78, 5) is 4.01. The molecule has 19 heavy (non-hydrogen) atoms. The van der Waals surface area contributed by atoms with Crippen molar-refractivity contribution in [2.75, 3.05) is 12.8 Å². The number of likely N-dealkylation sites (N-methyl/N-ethyl adjacent to an activating group) is 1. The Labute approximate surface area is 118 Å². The van der Waals surface area contributed by atoms with Crippen molar-refractivity contribution in [1.29, 1.82) is 0 Å². The largest absolute Gasteiger partial charge is 0.384 e. The van der Waals surface area contributed by atoms with Crippen molar-refractivity contribution in [1.82, 2.24) is 10.3 Å². The van der Waals surface area contributed by atoms with E-state index in [0.29, 0.717) is 11.9 Å². The monoisotopic (exact) mass is 275 g/mol. The normalized spacial score (nSPS) is 12.3. The van der Waals surface area contributed by atoms with Crippen LogP contribution in [0.4, 0.5) is 5.82 Å². The molecule has 0 spiro atoms. The molecule has 1 unspecified atom stereocenters. The Morgan fingerprint density at radius 1 is 1.26 bits per heavy atom. The molecule has 2 rings (SSSR count). The van der Waals surface area contributed by atoms with Crippen LogP contribution in [-0.2, 0) is 12.8 Å². The minimum Gasteiger partial charge on any atom is -0.384 e. The molecule has 0 amide bonds. The lowest BCUT2D eigenvalue weighted by molar-refractivity contribution is 0.556. The van der Waals surface area contributed by atoms with E-state index in [0.717, 1.165) is 23.4 Å². The van der Waals surface area contributed by atoms with Crippen LogP contribution in [0.25, 0.3) is 0 Å². The number of nitrogens with one attached hydrogen (secondary N) is 1. The maximum absolute atomic E-state index is 6.20. The average molecular weight is 276 g/mol. The van der Waals surface area contributed by atoms with Crippen molar-refractivity contribution in [2.45, 2.75) is 18.9 Å². The van der Waals surface area contributed by atoms with E-state index in [2.05, 4.69) is 16.4 Å². The van der Waals surface area contributed by atoms with Crippen LogP contribution in [0.1, 0.15) is 11.1 Å². The van der Waals surface area contributed by atoms with E-state index in [9.17, 15) is 0 Å². The molecule has 0 radical (unpaired) electrons. The lowest BCUT2D eigenvalue weighted by Crippen LogP contribution is -2.30. The summed E-state index contributed by atoms with van der Waals surface area (Å²) in [5.41, 5.74) is 8.04. The van der Waals surface area contributed by atoms with Gasteiger partial charge in [0, 0.05) is 17.3 Å². The second kappa shape index (κ2) is 6.55. The Morgan fingerprint density at radius 2 is 2.05 bits per heavy atom. The first-order valence-electron chi connectivity index (χ1n) is 6.30. The van der Waals surface area contributed by atoms with Crippen molar-refractivity contribution in [3.63, 3.8) is 0 Å². The van der Waals surface area contributed by atoms with Gasteiger partial charge in [-0.15, -0.1) is 0 Å². The Balaban J connectivity index is 2.07. The van der Waals surface area contributed by atoms with Crippen LogP contribution in [0.2, 0.25) is 5.02 Å². The number of nitrogens with zero attached hydrogens (tertiary/aromatic N) is 1. The third-order valence-electron chi connectivity index (χ3n) is 3.16. The maximum atomic E-state index is 6.20. The van der Waals surface area contributed by atoms with Gasteiger partial charge >= 0.3 is 0 Å². The molecule has 1 heterocycles. The fraction of sp³-hybridized carbons (Fsp3) is 0.267. The van der Waals surface area contributed by atoms with Crippen LogP contribution in [0.3, 0.4) is 0 Å². The molecule has 4 heteroatoms. The highest BCUT2D eigenvalue weighted by molar-refractivity contribution is 6.31. The van der Waals surface area contributed by atoms with Crippen LogP contribution < -0.4 is 11.1 Å². The van der Waals surface area contributed by atoms with E-state index in [1.54, 1.807) is 6.20 Å². The van der Waals surface area contributed by atoms with Gasteiger partial charge in [0.1, 0.15) is 5.82 Å². The molecule has 0 aliphatic heterocycles. The second-order valence-corrected chi connectivity index (χ2v) is 4.98. The Hall–Kier alpha value is -1.58. The second-order valence-electron chi connectivity index (χ2n) is 4.57. The number of rotatable bonds is 5. The third kappa shape index (κ3) is 3.94. The lowest BCUT2D eigenvalue weighted by atomic mass is 9.99. The predicted octanol–water partition coefficient (Wildman–Crippen LogP) is 2.69. The molecule has 100 valence electrons. The lowest BCUT2D eigenvalue weighted by Gasteiger charge is -2.17. The van der Waals surface area contributed by atoms with Gasteiger partial charge in [0.05, 0.1) is 0 Å². The van der Waals surface area contributed by atoms with Gasteiger partial charge in [-0.3, -0.25) is 0 Å². The van der Waals surface area contributed by atoms with Gasteiger partial charge in [-0.05, 0) is 49.2 Å². The molecule has 0 aliphatic rings. The highest BCUT2D eigenvalue weighted by Gasteiger charge is 2.10. The minimum atomic E-state index is 0.321. The number of benzene rings is 1. The van der Waals surface area contributed by atoms with Gasteiger partial charge in [-0.2, -0.15) is 0 Å². The zero-order valence-corrected chi connectivity index (χ0v) is 11.7. The summed E-state index contributed by atoms with van der Waals surface area (Å²) in [6.45, 7) is 0. The Kier molecular flexibility index (Phi) is 4.77. The van der Waals surface area contributed by atoms with Crippen LogP contribution in [0.15, 0.2) is 42.6 Å². The summed E-state index contributed by atoms with van der Waals surface area (Å²) in [5, 5.41) is 4.14. The molecule has 0 saturated carbocycles. The first-order chi connectivity index (χ1) is 9.19. The van der Waals surface area contributed by atoms with Crippen LogP contribution in [-0.4, -0.2) is 18.1 Å². The summed E-state index contributed by atoms with van der Waals surface area (Å²) < 4.78 is 0. The molecule has 0 bridgehead atoms. The molecular formula is C15H18ClN3. The molecule has 0 aliphatic carbocycles. The zero-order valence-electron chi connectivity index (χ0n) is 10.9. The number of hydrogen-bond donors (Lipinski definition) is 2. The highest BCUT2D eigenvalue weighted by atomic mass is 35.5. The molecule has 0 saturated heterocycles. The van der Waals surface area contributed by atoms with E-state index >= 15 is 0 Å². The zero-order chi connectivity index (χ0) is 13.7. The SMILES string of the molecule is CNC(Cc1ccnc(N)c1)Cc1ccccc1Cl. The summed E-state index contributed by atoms with van der Waals surface area (Å²) in [6, 6.07) is 12.2. The van der Waals surface area contributed by atoms with Gasteiger partial charge in [0.15, 0.2) is 0 Å². The number of nitrogen functional groups attached to an aromatic ring is 1. The van der Waals surface area contributed by atoms with Gasteiger partial charge in [0.25, 0.3) is 0 Å². The van der Waals surface area contributed by atoms with E-state index in [-0.39, 0.29) is 0 Å². The Morgan fingerprint density at radius 3 is 2.74 bits per heavy atom. The van der Waals surface area contributed by atoms with Crippen molar-refractivity contribution >= 4 is 17.4 Å². The molecule has 1 aromatic heterocycles. The number of halogens is 1. The topological polar surface area (TPSA) is 50.9 Å². The number of aromatic nitrogens is 1. The molecule has 1 aromatic carbocycles. The molecular weight excluding hydrogens is 258 g/mol.